The molecule has 0 aliphatic carbocycles. The summed E-state index contributed by atoms with van der Waals surface area (Å²) in [6.45, 7) is 3.75. The number of carbonyl (C=O) groups excluding carboxylic acids is 1. The average Bonchev–Trinajstić information content (AvgIpc) is 3.42. The monoisotopic (exact) mass is 1070 g/mol. The van der Waals surface area contributed by atoms with Gasteiger partial charge in [-0.2, -0.15) is 0 Å². The summed E-state index contributed by atoms with van der Waals surface area (Å²) in [5.41, 5.74) is 0. The molecule has 442 valence electrons. The topological polar surface area (TPSA) is 149 Å². The maximum absolute atomic E-state index is 13.1. The molecule has 7 atom stereocenters. The number of aliphatic hydroxyl groups is 5. The molecule has 1 saturated heterocycles. The van der Waals surface area contributed by atoms with Gasteiger partial charge >= 0.3 is 0 Å². The molecule has 1 aliphatic heterocycles. The van der Waals surface area contributed by atoms with Gasteiger partial charge in [-0.1, -0.05) is 292 Å². The molecule has 1 aliphatic rings. The summed E-state index contributed by atoms with van der Waals surface area (Å²) in [5.74, 6) is -0.152. The van der Waals surface area contributed by atoms with Gasteiger partial charge in [-0.05, 0) is 64.2 Å². The number of rotatable bonds is 55. The van der Waals surface area contributed by atoms with Crippen molar-refractivity contribution in [3.63, 3.8) is 0 Å². The third-order valence-electron chi connectivity index (χ3n) is 15.1. The minimum absolute atomic E-state index is 0.144. The predicted molar refractivity (Wildman–Crippen MR) is 322 cm³/mol. The Morgan fingerprint density at radius 3 is 1.21 bits per heavy atom. The van der Waals surface area contributed by atoms with Crippen molar-refractivity contribution < 1.29 is 39.8 Å². The van der Waals surface area contributed by atoms with Crippen LogP contribution in [0.25, 0.3) is 0 Å². The Morgan fingerprint density at radius 1 is 0.461 bits per heavy atom. The van der Waals surface area contributed by atoms with Crippen LogP contribution < -0.4 is 5.32 Å². The SMILES string of the molecule is CC/C=C\C/C=C\C/C=C\C/C=C\C/C=C\C/C=C\CCCCCCCCCCC(=O)NC(COC1OC(CO)C(O)C(O)C1O)C(O)CCCCCCCCCCCCCCCCCCCCCCCCCCCC. The molecule has 76 heavy (non-hydrogen) atoms. The minimum atomic E-state index is -1.56. The van der Waals surface area contributed by atoms with Crippen molar-refractivity contribution in [2.75, 3.05) is 13.2 Å². The van der Waals surface area contributed by atoms with E-state index in [9.17, 15) is 30.3 Å². The van der Waals surface area contributed by atoms with E-state index in [0.29, 0.717) is 12.8 Å². The van der Waals surface area contributed by atoms with E-state index in [2.05, 4.69) is 92.1 Å². The minimum Gasteiger partial charge on any atom is -0.394 e. The molecule has 9 nitrogen and oxygen atoms in total. The second kappa shape index (κ2) is 55.9. The summed E-state index contributed by atoms with van der Waals surface area (Å²) in [6.07, 6.45) is 70.8. The van der Waals surface area contributed by atoms with Crippen molar-refractivity contribution in [3.05, 3.63) is 72.9 Å². The zero-order chi connectivity index (χ0) is 55.0. The van der Waals surface area contributed by atoms with Gasteiger partial charge in [0, 0.05) is 6.42 Å². The Hall–Kier alpha value is -2.37. The lowest BCUT2D eigenvalue weighted by Gasteiger charge is -2.40. The van der Waals surface area contributed by atoms with Gasteiger partial charge in [0.15, 0.2) is 6.29 Å². The van der Waals surface area contributed by atoms with Crippen molar-refractivity contribution >= 4 is 5.91 Å². The number of ether oxygens (including phenoxy) is 2. The number of unbranched alkanes of at least 4 members (excludes halogenated alkanes) is 33. The molecule has 0 aromatic heterocycles. The van der Waals surface area contributed by atoms with E-state index >= 15 is 0 Å². The fourth-order valence-electron chi connectivity index (χ4n) is 10.1. The summed E-state index contributed by atoms with van der Waals surface area (Å²) in [6, 6.07) is -0.730. The first-order valence-electron chi connectivity index (χ1n) is 32.1. The molecule has 0 bridgehead atoms. The Morgan fingerprint density at radius 2 is 0.816 bits per heavy atom. The molecule has 0 saturated carbocycles. The average molecular weight is 1070 g/mol. The number of allylic oxidation sites excluding steroid dienone is 12. The normalized spacial score (nSPS) is 19.3. The quantitative estimate of drug-likeness (QED) is 0.0261. The number of hydrogen-bond donors (Lipinski definition) is 6. The third kappa shape index (κ3) is 44.5. The first-order valence-corrected chi connectivity index (χ1v) is 32.1. The first kappa shape index (κ1) is 71.6. The maximum Gasteiger partial charge on any atom is 0.220 e. The zero-order valence-electron chi connectivity index (χ0n) is 49.3. The Bertz CT molecular complexity index is 1420. The first-order chi connectivity index (χ1) is 37.3. The molecule has 1 fully saturated rings. The van der Waals surface area contributed by atoms with E-state index in [0.717, 1.165) is 89.9 Å². The summed E-state index contributed by atoms with van der Waals surface area (Å²) in [7, 11) is 0. The highest BCUT2D eigenvalue weighted by atomic mass is 16.7. The summed E-state index contributed by atoms with van der Waals surface area (Å²) in [5, 5.41) is 54.9. The second-order valence-electron chi connectivity index (χ2n) is 22.2. The van der Waals surface area contributed by atoms with Crippen molar-refractivity contribution in [1.29, 1.82) is 0 Å². The lowest BCUT2D eigenvalue weighted by molar-refractivity contribution is -0.302. The van der Waals surface area contributed by atoms with E-state index < -0.39 is 49.5 Å². The van der Waals surface area contributed by atoms with E-state index in [1.165, 1.54) is 173 Å². The molecule has 6 N–H and O–H groups in total. The zero-order valence-corrected chi connectivity index (χ0v) is 49.3. The van der Waals surface area contributed by atoms with E-state index in [-0.39, 0.29) is 12.5 Å². The van der Waals surface area contributed by atoms with Crippen molar-refractivity contribution in [1.82, 2.24) is 5.32 Å². The Balaban J connectivity index is 2.18. The van der Waals surface area contributed by atoms with Crippen LogP contribution in [-0.2, 0) is 14.3 Å². The smallest absolute Gasteiger partial charge is 0.220 e. The summed E-state index contributed by atoms with van der Waals surface area (Å²) < 4.78 is 11.3. The fourth-order valence-corrected chi connectivity index (χ4v) is 10.1. The van der Waals surface area contributed by atoms with Crippen LogP contribution >= 0.6 is 0 Å². The van der Waals surface area contributed by atoms with Gasteiger partial charge < -0.3 is 40.3 Å². The molecule has 1 rings (SSSR count). The van der Waals surface area contributed by atoms with Gasteiger partial charge in [-0.25, -0.2) is 0 Å². The lowest BCUT2D eigenvalue weighted by Crippen LogP contribution is -2.60. The largest absolute Gasteiger partial charge is 0.394 e. The maximum atomic E-state index is 13.1. The van der Waals surface area contributed by atoms with Crippen LogP contribution in [0.3, 0.4) is 0 Å². The molecule has 9 heteroatoms. The number of carbonyl (C=O) groups is 1. The van der Waals surface area contributed by atoms with Gasteiger partial charge in [-0.3, -0.25) is 4.79 Å². The van der Waals surface area contributed by atoms with Crippen LogP contribution in [0.4, 0.5) is 0 Å². The van der Waals surface area contributed by atoms with Crippen molar-refractivity contribution in [2.45, 2.75) is 333 Å². The molecule has 0 aromatic rings. The number of hydrogen-bond acceptors (Lipinski definition) is 8. The van der Waals surface area contributed by atoms with Gasteiger partial charge in [-0.15, -0.1) is 0 Å². The van der Waals surface area contributed by atoms with Gasteiger partial charge in [0.25, 0.3) is 0 Å². The van der Waals surface area contributed by atoms with E-state index in [1.807, 2.05) is 0 Å². The molecule has 7 unspecified atom stereocenters. The highest BCUT2D eigenvalue weighted by Crippen LogP contribution is 2.23. The molecule has 0 spiro atoms. The van der Waals surface area contributed by atoms with Gasteiger partial charge in [0.1, 0.15) is 24.4 Å². The number of amides is 1. The highest BCUT2D eigenvalue weighted by Gasteiger charge is 2.44. The number of nitrogens with one attached hydrogen (secondary N) is 1. The fraction of sp³-hybridized carbons (Fsp3) is 0.806. The van der Waals surface area contributed by atoms with Crippen molar-refractivity contribution in [3.8, 4) is 0 Å². The summed E-state index contributed by atoms with van der Waals surface area (Å²) in [4.78, 5) is 13.1. The lowest BCUT2D eigenvalue weighted by atomic mass is 9.99. The second-order valence-corrected chi connectivity index (χ2v) is 22.2. The van der Waals surface area contributed by atoms with Crippen LogP contribution in [0.15, 0.2) is 72.9 Å². The van der Waals surface area contributed by atoms with Gasteiger partial charge in [0.2, 0.25) is 5.91 Å². The highest BCUT2D eigenvalue weighted by molar-refractivity contribution is 5.76. The Labute approximate surface area is 468 Å². The molecule has 0 radical (unpaired) electrons. The summed E-state index contributed by atoms with van der Waals surface area (Å²) >= 11 is 0. The van der Waals surface area contributed by atoms with Crippen LogP contribution in [0.2, 0.25) is 0 Å². The van der Waals surface area contributed by atoms with Crippen LogP contribution in [0.5, 0.6) is 0 Å². The van der Waals surface area contributed by atoms with Crippen LogP contribution in [0, 0.1) is 0 Å². The third-order valence-corrected chi connectivity index (χ3v) is 15.1. The molecular weight excluding hydrogens is 947 g/mol. The molecular formula is C67H121NO8. The van der Waals surface area contributed by atoms with Gasteiger partial charge in [0.05, 0.1) is 25.4 Å². The number of aliphatic hydroxyl groups excluding tert-OH is 5. The predicted octanol–water partition coefficient (Wildman–Crippen LogP) is 16.8. The molecule has 1 heterocycles. The van der Waals surface area contributed by atoms with Crippen molar-refractivity contribution in [2.24, 2.45) is 0 Å². The Kier molecular flexibility index (Phi) is 52.7. The van der Waals surface area contributed by atoms with Crippen LogP contribution in [0.1, 0.15) is 290 Å². The van der Waals surface area contributed by atoms with Crippen LogP contribution in [-0.4, -0.2) is 87.5 Å². The molecule has 0 aromatic carbocycles. The molecule has 1 amide bonds. The van der Waals surface area contributed by atoms with E-state index in [1.54, 1.807) is 0 Å². The van der Waals surface area contributed by atoms with E-state index in [4.69, 9.17) is 9.47 Å². The standard InChI is InChI=1S/C67H121NO8/c1-3-5-7-9-11-13-15-17-19-21-23-25-27-29-31-33-35-37-39-41-43-45-47-49-51-53-55-57-63(71)68-60(59-75-67-66(74)65(73)64(72)62(58-69)76-67)61(70)56-54-52-50-48-46-44-42-40-38-36-34-32-30-28-26-24-22-20-18-16-14-12-10-8-6-4-2/h5,7,11,13,17,19,23,25,29,31,35,37,60-62,64-67,69-70,72-74H,3-4,6,8-10,12,14-16,18,20-22,24,26-28,30,32-34,36,38-59H2,1-2H3,(H,68,71)/b7-5-,13-11-,19-17-,25-23-,31-29-,37-35-.